The second-order valence-corrected chi connectivity index (χ2v) is 4.16. The highest BCUT2D eigenvalue weighted by Crippen LogP contribution is 2.23. The molecule has 0 aliphatic rings. The Morgan fingerprint density at radius 2 is 1.83 bits per heavy atom. The van der Waals surface area contributed by atoms with Crippen LogP contribution in [-0.4, -0.2) is 17.9 Å². The zero-order valence-electron chi connectivity index (χ0n) is 10.9. The molecule has 1 rings (SSSR count). The van der Waals surface area contributed by atoms with Crippen molar-refractivity contribution in [2.24, 2.45) is 5.73 Å². The van der Waals surface area contributed by atoms with Crippen LogP contribution < -0.4 is 16.4 Å². The second-order valence-electron chi connectivity index (χ2n) is 4.16. The highest BCUT2D eigenvalue weighted by Gasteiger charge is 2.11. The van der Waals surface area contributed by atoms with Gasteiger partial charge in [-0.05, 0) is 31.5 Å². The molecule has 0 heterocycles. The Morgan fingerprint density at radius 3 is 2.33 bits per heavy atom. The molecule has 1 aromatic carbocycles. The number of benzene rings is 1. The molecule has 0 spiro atoms. The van der Waals surface area contributed by atoms with Gasteiger partial charge in [0.25, 0.3) is 0 Å². The van der Waals surface area contributed by atoms with Gasteiger partial charge >= 0.3 is 0 Å². The van der Waals surface area contributed by atoms with E-state index in [0.717, 1.165) is 5.56 Å². The summed E-state index contributed by atoms with van der Waals surface area (Å²) >= 11 is 0. The molecule has 0 fully saturated rings. The molecule has 0 bridgehead atoms. The number of carbonyl (C=O) groups excluding carboxylic acids is 2. The maximum atomic E-state index is 11.5. The summed E-state index contributed by atoms with van der Waals surface area (Å²) in [5.41, 5.74) is 7.66. The Bertz CT molecular complexity index is 456. The van der Waals surface area contributed by atoms with E-state index in [1.54, 1.807) is 32.0 Å². The predicted octanol–water partition coefficient (Wildman–Crippen LogP) is 1.63. The number of hydrogen-bond acceptors (Lipinski definition) is 3. The normalized spacial score (nSPS) is 11.8. The minimum Gasteiger partial charge on any atom is -0.326 e. The zero-order valence-corrected chi connectivity index (χ0v) is 10.9. The minimum absolute atomic E-state index is 0.0613. The molecule has 0 saturated carbocycles. The van der Waals surface area contributed by atoms with Crippen LogP contribution in [0.3, 0.4) is 0 Å². The lowest BCUT2D eigenvalue weighted by Gasteiger charge is -2.14. The largest absolute Gasteiger partial charge is 0.326 e. The predicted molar refractivity (Wildman–Crippen MR) is 72.4 cm³/mol. The lowest BCUT2D eigenvalue weighted by molar-refractivity contribution is -0.117. The summed E-state index contributed by atoms with van der Waals surface area (Å²) in [5, 5.41) is 5.51. The van der Waals surface area contributed by atoms with Gasteiger partial charge in [0.05, 0.1) is 6.04 Å². The van der Waals surface area contributed by atoms with E-state index in [1.807, 2.05) is 6.92 Å². The zero-order chi connectivity index (χ0) is 13.7. The average molecular weight is 249 g/mol. The van der Waals surface area contributed by atoms with Crippen LogP contribution in [0.1, 0.15) is 25.8 Å². The van der Waals surface area contributed by atoms with Crippen LogP contribution >= 0.6 is 0 Å². The van der Waals surface area contributed by atoms with E-state index in [0.29, 0.717) is 17.8 Å². The van der Waals surface area contributed by atoms with Crippen LogP contribution in [0.5, 0.6) is 0 Å². The van der Waals surface area contributed by atoms with Crippen molar-refractivity contribution in [3.63, 3.8) is 0 Å². The minimum atomic E-state index is -0.571. The Kier molecular flexibility index (Phi) is 4.85. The van der Waals surface area contributed by atoms with E-state index < -0.39 is 6.04 Å². The average Bonchev–Trinajstić information content (AvgIpc) is 2.33. The van der Waals surface area contributed by atoms with Gasteiger partial charge in [0, 0.05) is 17.8 Å². The number of carbonyl (C=O) groups is 2. The van der Waals surface area contributed by atoms with Crippen molar-refractivity contribution in [1.29, 1.82) is 0 Å². The molecule has 5 heteroatoms. The van der Waals surface area contributed by atoms with Crippen molar-refractivity contribution in [2.45, 2.75) is 33.2 Å². The van der Waals surface area contributed by atoms with Crippen LogP contribution in [-0.2, 0) is 9.59 Å². The lowest BCUT2D eigenvalue weighted by atomic mass is 10.1. The molecular formula is C13H19N3O2. The van der Waals surface area contributed by atoms with Gasteiger partial charge in [0.15, 0.2) is 0 Å². The van der Waals surface area contributed by atoms with E-state index in [2.05, 4.69) is 10.6 Å². The van der Waals surface area contributed by atoms with Crippen LogP contribution in [0.4, 0.5) is 11.4 Å². The van der Waals surface area contributed by atoms with Gasteiger partial charge < -0.3 is 16.4 Å². The monoisotopic (exact) mass is 249 g/mol. The molecule has 0 aromatic heterocycles. The van der Waals surface area contributed by atoms with Crippen LogP contribution in [0.25, 0.3) is 0 Å². The van der Waals surface area contributed by atoms with E-state index in [4.69, 9.17) is 5.73 Å². The molecule has 4 N–H and O–H groups in total. The van der Waals surface area contributed by atoms with Crippen LogP contribution in [0.15, 0.2) is 18.2 Å². The van der Waals surface area contributed by atoms with Gasteiger partial charge in [0.1, 0.15) is 0 Å². The molecule has 2 amide bonds. The third-order valence-corrected chi connectivity index (χ3v) is 2.60. The number of amides is 2. The molecule has 0 unspecified atom stereocenters. The molecule has 98 valence electrons. The summed E-state index contributed by atoms with van der Waals surface area (Å²) in [7, 11) is 0. The summed E-state index contributed by atoms with van der Waals surface area (Å²) in [5.74, 6) is -0.314. The van der Waals surface area contributed by atoms with Crippen molar-refractivity contribution in [3.05, 3.63) is 23.8 Å². The first-order valence-corrected chi connectivity index (χ1v) is 5.91. The summed E-state index contributed by atoms with van der Waals surface area (Å²) < 4.78 is 0. The van der Waals surface area contributed by atoms with E-state index in [9.17, 15) is 9.59 Å². The molecule has 0 aliphatic heterocycles. The van der Waals surface area contributed by atoms with Gasteiger partial charge in [-0.3, -0.25) is 9.59 Å². The first-order valence-electron chi connectivity index (χ1n) is 5.91. The van der Waals surface area contributed by atoms with Gasteiger partial charge in [-0.15, -0.1) is 0 Å². The van der Waals surface area contributed by atoms with Crippen molar-refractivity contribution in [1.82, 2.24) is 0 Å². The summed E-state index contributed by atoms with van der Waals surface area (Å²) in [4.78, 5) is 22.9. The van der Waals surface area contributed by atoms with E-state index in [1.165, 1.54) is 0 Å². The number of nitrogens with two attached hydrogens (primary N) is 1. The highest BCUT2D eigenvalue weighted by atomic mass is 16.2. The quantitative estimate of drug-likeness (QED) is 0.758. The Hall–Kier alpha value is -1.88. The van der Waals surface area contributed by atoms with E-state index >= 15 is 0 Å². The molecule has 18 heavy (non-hydrogen) atoms. The van der Waals surface area contributed by atoms with Gasteiger partial charge in [0.2, 0.25) is 11.8 Å². The smallest absolute Gasteiger partial charge is 0.241 e. The van der Waals surface area contributed by atoms with Gasteiger partial charge in [-0.25, -0.2) is 0 Å². The standard InChI is InChI=1S/C13H19N3O2/c1-4-12(17)15-10-6-5-7-11(8(10)2)16-13(18)9(3)14/h5-7,9H,4,14H2,1-3H3,(H,15,17)(H,16,18)/t9-/m1/s1. The maximum absolute atomic E-state index is 11.5. The maximum Gasteiger partial charge on any atom is 0.241 e. The Balaban J connectivity index is 2.91. The summed E-state index contributed by atoms with van der Waals surface area (Å²) in [6.45, 7) is 5.24. The number of anilines is 2. The third kappa shape index (κ3) is 3.56. The van der Waals surface area contributed by atoms with Crippen molar-refractivity contribution in [2.75, 3.05) is 10.6 Å². The summed E-state index contributed by atoms with van der Waals surface area (Å²) in [6.07, 6.45) is 0.413. The second kappa shape index (κ2) is 6.16. The molecule has 1 aromatic rings. The lowest BCUT2D eigenvalue weighted by Crippen LogP contribution is -2.32. The SMILES string of the molecule is CCC(=O)Nc1cccc(NC(=O)[C@@H](C)N)c1C. The fourth-order valence-electron chi connectivity index (χ4n) is 1.39. The Morgan fingerprint density at radius 1 is 1.28 bits per heavy atom. The van der Waals surface area contributed by atoms with Gasteiger partial charge in [-0.2, -0.15) is 0 Å². The first-order chi connectivity index (χ1) is 8.45. The first kappa shape index (κ1) is 14.2. The fraction of sp³-hybridized carbons (Fsp3) is 0.385. The number of hydrogen-bond donors (Lipinski definition) is 3. The Labute approximate surface area is 107 Å². The van der Waals surface area contributed by atoms with Crippen LogP contribution in [0.2, 0.25) is 0 Å². The topological polar surface area (TPSA) is 84.2 Å². The van der Waals surface area contributed by atoms with Crippen molar-refractivity contribution >= 4 is 23.2 Å². The molecule has 1 atom stereocenters. The van der Waals surface area contributed by atoms with Crippen LogP contribution in [0, 0.1) is 6.92 Å². The highest BCUT2D eigenvalue weighted by molar-refractivity contribution is 5.97. The number of rotatable bonds is 4. The van der Waals surface area contributed by atoms with Crippen molar-refractivity contribution < 1.29 is 9.59 Å². The van der Waals surface area contributed by atoms with Gasteiger partial charge in [-0.1, -0.05) is 13.0 Å². The van der Waals surface area contributed by atoms with E-state index in [-0.39, 0.29) is 11.8 Å². The molecule has 5 nitrogen and oxygen atoms in total. The number of nitrogens with one attached hydrogen (secondary N) is 2. The summed E-state index contributed by atoms with van der Waals surface area (Å²) in [6, 6.07) is 4.77. The molecule has 0 saturated heterocycles. The molecular weight excluding hydrogens is 230 g/mol. The molecule has 0 aliphatic carbocycles. The van der Waals surface area contributed by atoms with Crippen molar-refractivity contribution in [3.8, 4) is 0 Å². The molecule has 0 radical (unpaired) electrons. The fourth-order valence-corrected chi connectivity index (χ4v) is 1.39. The third-order valence-electron chi connectivity index (χ3n) is 2.60.